The minimum Gasteiger partial charge on any atom is -0.354 e. The summed E-state index contributed by atoms with van der Waals surface area (Å²) in [4.78, 5) is 27.5. The molecule has 0 aliphatic heterocycles. The summed E-state index contributed by atoms with van der Waals surface area (Å²) in [5, 5.41) is 3.23. The van der Waals surface area contributed by atoms with E-state index in [1.54, 1.807) is 6.92 Å². The molecular weight excluding hydrogens is 485 g/mol. The lowest BCUT2D eigenvalue weighted by molar-refractivity contribution is -0.139. The van der Waals surface area contributed by atoms with E-state index in [2.05, 4.69) is 5.32 Å². The van der Waals surface area contributed by atoms with Crippen molar-refractivity contribution in [2.75, 3.05) is 23.7 Å². The molecular formula is C23H29Cl2N3O4S. The molecule has 0 aliphatic carbocycles. The van der Waals surface area contributed by atoms with E-state index in [4.69, 9.17) is 23.2 Å². The van der Waals surface area contributed by atoms with Gasteiger partial charge in [0.2, 0.25) is 21.8 Å². The highest BCUT2D eigenvalue weighted by Gasteiger charge is 2.30. The smallest absolute Gasteiger partial charge is 0.244 e. The molecule has 0 heterocycles. The lowest BCUT2D eigenvalue weighted by Gasteiger charge is -2.32. The van der Waals surface area contributed by atoms with Gasteiger partial charge in [-0.25, -0.2) is 8.42 Å². The molecule has 2 aromatic rings. The number of amides is 2. The van der Waals surface area contributed by atoms with Gasteiger partial charge in [-0.05, 0) is 49.6 Å². The molecule has 7 nitrogen and oxygen atoms in total. The van der Waals surface area contributed by atoms with Gasteiger partial charge in [0.25, 0.3) is 0 Å². The van der Waals surface area contributed by atoms with E-state index in [1.165, 1.54) is 23.1 Å². The zero-order valence-corrected chi connectivity index (χ0v) is 21.5. The average Bonchev–Trinajstić information content (AvgIpc) is 2.74. The number of nitrogens with zero attached hydrogens (tertiary/aromatic N) is 2. The summed E-state index contributed by atoms with van der Waals surface area (Å²) in [5.74, 6) is -0.844. The summed E-state index contributed by atoms with van der Waals surface area (Å²) in [6.07, 6.45) is 1.75. The first-order chi connectivity index (χ1) is 15.5. The summed E-state index contributed by atoms with van der Waals surface area (Å²) in [6.45, 7) is 5.58. The molecule has 1 atom stereocenters. The number of hydrogen-bond acceptors (Lipinski definition) is 4. The van der Waals surface area contributed by atoms with E-state index < -0.39 is 28.5 Å². The number of benzene rings is 2. The number of nitrogens with one attached hydrogen (secondary N) is 1. The summed E-state index contributed by atoms with van der Waals surface area (Å²) in [5.41, 5.74) is 1.95. The second kappa shape index (κ2) is 11.7. The van der Waals surface area contributed by atoms with Gasteiger partial charge in [-0.2, -0.15) is 0 Å². The molecule has 180 valence electrons. The number of anilines is 1. The fraction of sp³-hybridized carbons (Fsp3) is 0.391. The molecule has 2 amide bonds. The van der Waals surface area contributed by atoms with Crippen LogP contribution in [-0.4, -0.2) is 50.5 Å². The molecule has 0 saturated heterocycles. The molecule has 2 rings (SSSR count). The van der Waals surface area contributed by atoms with Gasteiger partial charge in [0.05, 0.1) is 17.0 Å². The van der Waals surface area contributed by atoms with Crippen LogP contribution in [0.2, 0.25) is 10.0 Å². The monoisotopic (exact) mass is 513 g/mol. The highest BCUT2D eigenvalue weighted by atomic mass is 35.5. The lowest BCUT2D eigenvalue weighted by atomic mass is 10.1. The Labute approximate surface area is 205 Å². The van der Waals surface area contributed by atoms with Crippen LogP contribution in [0.3, 0.4) is 0 Å². The second-order valence-corrected chi connectivity index (χ2v) is 10.5. The molecule has 0 aliphatic rings. The van der Waals surface area contributed by atoms with Crippen LogP contribution in [0.5, 0.6) is 0 Å². The minimum atomic E-state index is -3.87. The Bertz CT molecular complexity index is 1110. The Balaban J connectivity index is 2.42. The normalized spacial score (nSPS) is 12.2. The summed E-state index contributed by atoms with van der Waals surface area (Å²) < 4.78 is 26.1. The first-order valence-corrected chi connectivity index (χ1v) is 13.1. The number of aryl methyl sites for hydroxylation is 1. The van der Waals surface area contributed by atoms with Crippen molar-refractivity contribution < 1.29 is 18.0 Å². The quantitative estimate of drug-likeness (QED) is 0.519. The van der Waals surface area contributed by atoms with Gasteiger partial charge in [0.15, 0.2) is 0 Å². The third-order valence-corrected chi connectivity index (χ3v) is 6.84. The van der Waals surface area contributed by atoms with Crippen molar-refractivity contribution in [1.82, 2.24) is 10.2 Å². The van der Waals surface area contributed by atoms with Gasteiger partial charge in [-0.1, -0.05) is 54.4 Å². The summed E-state index contributed by atoms with van der Waals surface area (Å²) >= 11 is 12.2. The van der Waals surface area contributed by atoms with Crippen LogP contribution in [0, 0.1) is 6.92 Å². The van der Waals surface area contributed by atoms with Gasteiger partial charge in [-0.3, -0.25) is 13.9 Å². The molecule has 10 heteroatoms. The van der Waals surface area contributed by atoms with Crippen molar-refractivity contribution in [3.63, 3.8) is 0 Å². The van der Waals surface area contributed by atoms with Crippen molar-refractivity contribution >= 4 is 50.7 Å². The van der Waals surface area contributed by atoms with Gasteiger partial charge < -0.3 is 10.2 Å². The average molecular weight is 514 g/mol. The molecule has 0 bridgehead atoms. The van der Waals surface area contributed by atoms with Crippen molar-refractivity contribution in [3.05, 3.63) is 63.6 Å². The van der Waals surface area contributed by atoms with Crippen molar-refractivity contribution in [2.24, 2.45) is 0 Å². The van der Waals surface area contributed by atoms with Gasteiger partial charge in [-0.15, -0.1) is 0 Å². The molecule has 0 fully saturated rings. The number of carbonyl (C=O) groups is 2. The number of hydrogen-bond donors (Lipinski definition) is 1. The van der Waals surface area contributed by atoms with E-state index in [9.17, 15) is 18.0 Å². The zero-order valence-electron chi connectivity index (χ0n) is 19.1. The predicted octanol–water partition coefficient (Wildman–Crippen LogP) is 4.01. The van der Waals surface area contributed by atoms with Gasteiger partial charge >= 0.3 is 0 Å². The third-order valence-electron chi connectivity index (χ3n) is 5.18. The van der Waals surface area contributed by atoms with Crippen LogP contribution in [0.4, 0.5) is 5.69 Å². The maximum atomic E-state index is 13.5. The number of carbonyl (C=O) groups excluding carboxylic acids is 2. The Morgan fingerprint density at radius 1 is 1.12 bits per heavy atom. The van der Waals surface area contributed by atoms with Crippen LogP contribution in [0.25, 0.3) is 0 Å². The maximum absolute atomic E-state index is 13.5. The van der Waals surface area contributed by atoms with E-state index in [0.29, 0.717) is 11.6 Å². The fourth-order valence-corrected chi connectivity index (χ4v) is 4.65. The highest BCUT2D eigenvalue weighted by molar-refractivity contribution is 7.92. The van der Waals surface area contributed by atoms with Crippen LogP contribution in [0.15, 0.2) is 42.5 Å². The highest BCUT2D eigenvalue weighted by Crippen LogP contribution is 2.30. The summed E-state index contributed by atoms with van der Waals surface area (Å²) in [6, 6.07) is 11.1. The molecule has 0 aromatic heterocycles. The third kappa shape index (κ3) is 7.35. The van der Waals surface area contributed by atoms with E-state index in [1.807, 2.05) is 38.1 Å². The first-order valence-electron chi connectivity index (χ1n) is 10.5. The zero-order chi connectivity index (χ0) is 24.8. The topological polar surface area (TPSA) is 86.8 Å². The van der Waals surface area contributed by atoms with Crippen LogP contribution in [-0.2, 0) is 26.2 Å². The Morgan fingerprint density at radius 2 is 1.79 bits per heavy atom. The number of halogens is 2. The minimum absolute atomic E-state index is 0.0971. The van der Waals surface area contributed by atoms with Gasteiger partial charge in [0, 0.05) is 18.1 Å². The summed E-state index contributed by atoms with van der Waals surface area (Å²) in [7, 11) is -3.87. The molecule has 2 aromatic carbocycles. The largest absolute Gasteiger partial charge is 0.354 e. The van der Waals surface area contributed by atoms with Crippen LogP contribution >= 0.6 is 23.2 Å². The Kier molecular flexibility index (Phi) is 9.57. The number of rotatable bonds is 10. The standard InChI is InChI=1S/C23H29Cl2N3O4S/c1-5-12-26-23(30)17(3)27(14-18-9-7-6-8-16(18)2)22(29)15-28(33(4,31)32)21-11-10-19(24)13-20(21)25/h6-11,13,17H,5,12,14-15H2,1-4H3,(H,26,30). The fourth-order valence-electron chi connectivity index (χ4n) is 3.23. The molecule has 0 saturated carbocycles. The predicted molar refractivity (Wildman–Crippen MR) is 133 cm³/mol. The molecule has 0 spiro atoms. The molecule has 33 heavy (non-hydrogen) atoms. The van der Waals surface area contributed by atoms with Crippen molar-refractivity contribution in [3.8, 4) is 0 Å². The molecule has 1 N–H and O–H groups in total. The SMILES string of the molecule is CCCNC(=O)C(C)N(Cc1ccccc1C)C(=O)CN(c1ccc(Cl)cc1Cl)S(C)(=O)=O. The van der Waals surface area contributed by atoms with Gasteiger partial charge in [0.1, 0.15) is 12.6 Å². The van der Waals surface area contributed by atoms with E-state index >= 15 is 0 Å². The van der Waals surface area contributed by atoms with E-state index in [0.717, 1.165) is 28.1 Å². The van der Waals surface area contributed by atoms with Crippen molar-refractivity contribution in [1.29, 1.82) is 0 Å². The van der Waals surface area contributed by atoms with Crippen LogP contribution in [0.1, 0.15) is 31.4 Å². The Hall–Kier alpha value is -2.29. The second-order valence-electron chi connectivity index (χ2n) is 7.78. The first kappa shape index (κ1) is 27.0. The number of sulfonamides is 1. The van der Waals surface area contributed by atoms with Crippen molar-refractivity contribution in [2.45, 2.75) is 39.8 Å². The maximum Gasteiger partial charge on any atom is 0.244 e. The Morgan fingerprint density at radius 3 is 2.36 bits per heavy atom. The molecule has 0 radical (unpaired) electrons. The lowest BCUT2D eigenvalue weighted by Crippen LogP contribution is -2.51. The van der Waals surface area contributed by atoms with E-state index in [-0.39, 0.29) is 23.2 Å². The molecule has 1 unspecified atom stereocenters. The van der Waals surface area contributed by atoms with Crippen LogP contribution < -0.4 is 9.62 Å².